The summed E-state index contributed by atoms with van der Waals surface area (Å²) >= 11 is 0. The molecule has 0 spiro atoms. The van der Waals surface area contributed by atoms with Crippen molar-refractivity contribution in [3.63, 3.8) is 0 Å². The van der Waals surface area contributed by atoms with E-state index < -0.39 is 6.03 Å². The summed E-state index contributed by atoms with van der Waals surface area (Å²) in [6.07, 6.45) is 3.63. The standard InChI is InChI=1S/C12H24N4O2/c1-10(11(17)15-12(18)13-2)14-6-5-9-16-7-3-4-8-16/h10,14H,3-9H2,1-2H3,(H2,13,15,17,18). The molecular weight excluding hydrogens is 232 g/mol. The van der Waals surface area contributed by atoms with Gasteiger partial charge in [0.05, 0.1) is 6.04 Å². The lowest BCUT2D eigenvalue weighted by Crippen LogP contribution is -2.47. The zero-order chi connectivity index (χ0) is 13.4. The van der Waals surface area contributed by atoms with Crippen LogP contribution in [0.5, 0.6) is 0 Å². The van der Waals surface area contributed by atoms with Gasteiger partial charge in [0.2, 0.25) is 5.91 Å². The molecule has 6 heteroatoms. The van der Waals surface area contributed by atoms with E-state index in [1.165, 1.54) is 33.0 Å². The molecule has 0 bridgehead atoms. The van der Waals surface area contributed by atoms with E-state index in [1.54, 1.807) is 6.92 Å². The summed E-state index contributed by atoms with van der Waals surface area (Å²) < 4.78 is 0. The molecule has 0 aromatic heterocycles. The van der Waals surface area contributed by atoms with E-state index in [0.717, 1.165) is 19.5 Å². The van der Waals surface area contributed by atoms with Crippen molar-refractivity contribution in [2.45, 2.75) is 32.2 Å². The number of nitrogens with zero attached hydrogens (tertiary/aromatic N) is 1. The van der Waals surface area contributed by atoms with E-state index in [4.69, 9.17) is 0 Å². The normalized spacial score (nSPS) is 17.4. The highest BCUT2D eigenvalue weighted by Crippen LogP contribution is 2.06. The van der Waals surface area contributed by atoms with E-state index in [1.807, 2.05) is 0 Å². The van der Waals surface area contributed by atoms with Gasteiger partial charge < -0.3 is 15.5 Å². The molecule has 1 heterocycles. The van der Waals surface area contributed by atoms with E-state index in [-0.39, 0.29) is 11.9 Å². The number of hydrogen-bond acceptors (Lipinski definition) is 4. The van der Waals surface area contributed by atoms with Gasteiger partial charge in [-0.25, -0.2) is 4.79 Å². The van der Waals surface area contributed by atoms with Crippen LogP contribution >= 0.6 is 0 Å². The Kier molecular flexibility index (Phi) is 6.67. The topological polar surface area (TPSA) is 73.5 Å². The van der Waals surface area contributed by atoms with E-state index in [2.05, 4.69) is 20.9 Å². The van der Waals surface area contributed by atoms with Crippen molar-refractivity contribution in [1.29, 1.82) is 0 Å². The summed E-state index contributed by atoms with van der Waals surface area (Å²) in [5, 5.41) is 7.72. The van der Waals surface area contributed by atoms with Crippen LogP contribution in [0.3, 0.4) is 0 Å². The number of carbonyl (C=O) groups excluding carboxylic acids is 2. The van der Waals surface area contributed by atoms with Gasteiger partial charge >= 0.3 is 6.03 Å². The minimum absolute atomic E-state index is 0.296. The first kappa shape index (κ1) is 14.9. The van der Waals surface area contributed by atoms with Gasteiger partial charge in [0.25, 0.3) is 0 Å². The maximum Gasteiger partial charge on any atom is 0.321 e. The lowest BCUT2D eigenvalue weighted by Gasteiger charge is -2.16. The maximum atomic E-state index is 11.5. The molecule has 1 saturated heterocycles. The first-order valence-corrected chi connectivity index (χ1v) is 6.62. The van der Waals surface area contributed by atoms with Gasteiger partial charge in [0.15, 0.2) is 0 Å². The molecule has 0 aromatic rings. The zero-order valence-corrected chi connectivity index (χ0v) is 11.3. The van der Waals surface area contributed by atoms with Gasteiger partial charge in [-0.15, -0.1) is 0 Å². The first-order chi connectivity index (χ1) is 8.63. The van der Waals surface area contributed by atoms with Crippen LogP contribution in [0.2, 0.25) is 0 Å². The zero-order valence-electron chi connectivity index (χ0n) is 11.3. The van der Waals surface area contributed by atoms with Crippen molar-refractivity contribution in [2.24, 2.45) is 0 Å². The van der Waals surface area contributed by atoms with E-state index in [9.17, 15) is 9.59 Å². The minimum Gasteiger partial charge on any atom is -0.341 e. The Balaban J connectivity index is 2.06. The molecular formula is C12H24N4O2. The molecule has 0 aromatic carbocycles. The van der Waals surface area contributed by atoms with Crippen molar-refractivity contribution in [2.75, 3.05) is 33.2 Å². The number of amides is 3. The fourth-order valence-electron chi connectivity index (χ4n) is 2.00. The molecule has 1 atom stereocenters. The average molecular weight is 256 g/mol. The molecule has 3 amide bonds. The highest BCUT2D eigenvalue weighted by Gasteiger charge is 2.14. The number of hydrogen-bond donors (Lipinski definition) is 3. The Morgan fingerprint density at radius 2 is 1.94 bits per heavy atom. The fraction of sp³-hybridized carbons (Fsp3) is 0.833. The second-order valence-corrected chi connectivity index (χ2v) is 4.65. The molecule has 1 fully saturated rings. The molecule has 0 saturated carbocycles. The van der Waals surface area contributed by atoms with Crippen molar-refractivity contribution in [3.05, 3.63) is 0 Å². The lowest BCUT2D eigenvalue weighted by molar-refractivity contribution is -0.121. The van der Waals surface area contributed by atoms with Gasteiger partial charge in [0, 0.05) is 7.05 Å². The SMILES string of the molecule is CNC(=O)NC(=O)C(C)NCCCN1CCCC1. The van der Waals surface area contributed by atoms with Crippen molar-refractivity contribution in [1.82, 2.24) is 20.9 Å². The molecule has 6 nitrogen and oxygen atoms in total. The Bertz CT molecular complexity index is 277. The van der Waals surface area contributed by atoms with Crippen LogP contribution in [0.25, 0.3) is 0 Å². The maximum absolute atomic E-state index is 11.5. The highest BCUT2D eigenvalue weighted by molar-refractivity contribution is 5.96. The van der Waals surface area contributed by atoms with Gasteiger partial charge in [-0.3, -0.25) is 10.1 Å². The van der Waals surface area contributed by atoms with E-state index >= 15 is 0 Å². The number of likely N-dealkylation sites (tertiary alicyclic amines) is 1. The Labute approximate surface area is 108 Å². The van der Waals surface area contributed by atoms with Gasteiger partial charge in [-0.05, 0) is 52.4 Å². The molecule has 0 radical (unpaired) electrons. The predicted octanol–water partition coefficient (Wildman–Crippen LogP) is -0.0940. The summed E-state index contributed by atoms with van der Waals surface area (Å²) in [7, 11) is 1.48. The van der Waals surface area contributed by atoms with Gasteiger partial charge in [-0.1, -0.05) is 0 Å². The van der Waals surface area contributed by atoms with Crippen LogP contribution in [0.1, 0.15) is 26.2 Å². The Morgan fingerprint density at radius 3 is 2.56 bits per heavy atom. The number of rotatable bonds is 6. The highest BCUT2D eigenvalue weighted by atomic mass is 16.2. The summed E-state index contributed by atoms with van der Waals surface area (Å²) in [5.41, 5.74) is 0. The second kappa shape index (κ2) is 8.05. The molecule has 1 unspecified atom stereocenters. The quantitative estimate of drug-likeness (QED) is 0.581. The summed E-state index contributed by atoms with van der Waals surface area (Å²) in [6.45, 7) is 6.03. The van der Waals surface area contributed by atoms with Crippen molar-refractivity contribution >= 4 is 11.9 Å². The largest absolute Gasteiger partial charge is 0.341 e. The third-order valence-electron chi connectivity index (χ3n) is 3.16. The average Bonchev–Trinajstić information content (AvgIpc) is 2.87. The molecule has 104 valence electrons. The molecule has 1 rings (SSSR count). The van der Waals surface area contributed by atoms with E-state index in [0.29, 0.717) is 0 Å². The molecule has 1 aliphatic heterocycles. The van der Waals surface area contributed by atoms with Crippen LogP contribution in [0, 0.1) is 0 Å². The second-order valence-electron chi connectivity index (χ2n) is 4.65. The van der Waals surface area contributed by atoms with Crippen LogP contribution in [0.15, 0.2) is 0 Å². The third kappa shape index (κ3) is 5.46. The Hall–Kier alpha value is -1.14. The monoisotopic (exact) mass is 256 g/mol. The van der Waals surface area contributed by atoms with Crippen LogP contribution in [-0.4, -0.2) is 56.1 Å². The molecule has 0 aliphatic carbocycles. The number of nitrogens with one attached hydrogen (secondary N) is 3. The van der Waals surface area contributed by atoms with Crippen molar-refractivity contribution in [3.8, 4) is 0 Å². The first-order valence-electron chi connectivity index (χ1n) is 6.62. The summed E-state index contributed by atoms with van der Waals surface area (Å²) in [4.78, 5) is 24.9. The summed E-state index contributed by atoms with van der Waals surface area (Å²) in [5.74, 6) is -0.296. The number of carbonyl (C=O) groups is 2. The van der Waals surface area contributed by atoms with Crippen LogP contribution < -0.4 is 16.0 Å². The number of urea groups is 1. The molecule has 18 heavy (non-hydrogen) atoms. The smallest absolute Gasteiger partial charge is 0.321 e. The van der Waals surface area contributed by atoms with Crippen LogP contribution in [0.4, 0.5) is 4.79 Å². The van der Waals surface area contributed by atoms with Gasteiger partial charge in [-0.2, -0.15) is 0 Å². The fourth-order valence-corrected chi connectivity index (χ4v) is 2.00. The van der Waals surface area contributed by atoms with Crippen LogP contribution in [-0.2, 0) is 4.79 Å². The Morgan fingerprint density at radius 1 is 1.28 bits per heavy atom. The number of imide groups is 1. The predicted molar refractivity (Wildman–Crippen MR) is 70.4 cm³/mol. The minimum atomic E-state index is -0.467. The van der Waals surface area contributed by atoms with Gasteiger partial charge in [0.1, 0.15) is 0 Å². The van der Waals surface area contributed by atoms with Crippen molar-refractivity contribution < 1.29 is 9.59 Å². The molecule has 1 aliphatic rings. The lowest BCUT2D eigenvalue weighted by atomic mass is 10.3. The molecule has 3 N–H and O–H groups in total. The third-order valence-corrected chi connectivity index (χ3v) is 3.16. The summed E-state index contributed by atoms with van der Waals surface area (Å²) in [6, 6.07) is -0.813.